The van der Waals surface area contributed by atoms with E-state index in [2.05, 4.69) is 19.2 Å². The van der Waals surface area contributed by atoms with Crippen molar-refractivity contribution < 1.29 is 23.9 Å². The third-order valence-corrected chi connectivity index (χ3v) is 7.83. The van der Waals surface area contributed by atoms with E-state index in [1.807, 2.05) is 0 Å². The van der Waals surface area contributed by atoms with Gasteiger partial charge in [-0.15, -0.1) is 0 Å². The lowest BCUT2D eigenvalue weighted by Crippen LogP contribution is -2.45. The zero-order chi connectivity index (χ0) is 26.7. The summed E-state index contributed by atoms with van der Waals surface area (Å²) in [7, 11) is 1.56. The first-order valence-electron chi connectivity index (χ1n) is 12.6. The highest BCUT2D eigenvalue weighted by Gasteiger charge is 2.28. The third-order valence-electron chi connectivity index (χ3n) is 7.57. The Labute approximate surface area is 222 Å². The first-order chi connectivity index (χ1) is 17.7. The summed E-state index contributed by atoms with van der Waals surface area (Å²) in [6, 6.07) is 12.1. The maximum atomic E-state index is 13.4. The Hall–Kier alpha value is -3.32. The molecule has 4 rings (SSSR count). The largest absolute Gasteiger partial charge is 0.497 e. The van der Waals surface area contributed by atoms with E-state index in [4.69, 9.17) is 21.1 Å². The summed E-state index contributed by atoms with van der Waals surface area (Å²) in [4.78, 5) is 38.7. The van der Waals surface area contributed by atoms with Crippen molar-refractivity contribution in [3.05, 3.63) is 64.3 Å². The molecule has 0 radical (unpaired) electrons. The van der Waals surface area contributed by atoms with E-state index >= 15 is 0 Å². The molecule has 1 aliphatic carbocycles. The first kappa shape index (κ1) is 26.7. The van der Waals surface area contributed by atoms with Gasteiger partial charge < -0.3 is 14.8 Å². The Morgan fingerprint density at radius 2 is 1.81 bits per heavy atom. The molecule has 1 aliphatic rings. The number of aromatic nitrogens is 1. The summed E-state index contributed by atoms with van der Waals surface area (Å²) in [6.07, 6.45) is 3.10. The second kappa shape index (κ2) is 11.4. The van der Waals surface area contributed by atoms with Crippen molar-refractivity contribution in [2.24, 2.45) is 11.8 Å². The molecule has 196 valence electrons. The number of nitrogens with one attached hydrogen (secondary N) is 1. The summed E-state index contributed by atoms with van der Waals surface area (Å²) in [5.74, 6) is 0.472. The molecule has 37 heavy (non-hydrogen) atoms. The number of amides is 1. The number of fused-ring (bicyclic) bond motifs is 1. The van der Waals surface area contributed by atoms with Crippen LogP contribution in [-0.4, -0.2) is 42.1 Å². The Morgan fingerprint density at radius 3 is 2.51 bits per heavy atom. The lowest BCUT2D eigenvalue weighted by molar-refractivity contribution is -0.148. The van der Waals surface area contributed by atoms with Crippen molar-refractivity contribution >= 4 is 40.3 Å². The van der Waals surface area contributed by atoms with Crippen LogP contribution in [0.15, 0.2) is 42.5 Å². The fourth-order valence-electron chi connectivity index (χ4n) is 5.17. The van der Waals surface area contributed by atoms with Gasteiger partial charge in [-0.2, -0.15) is 0 Å². The number of carbonyl (C=O) groups is 3. The molecule has 7 nitrogen and oxygen atoms in total. The first-order valence-corrected chi connectivity index (χ1v) is 13.0. The number of halogens is 1. The minimum absolute atomic E-state index is 0.0828. The number of methoxy groups -OCH3 is 1. The SMILES string of the molecule is COc1ccc2c(c1)c(CC(=O)OCC(=O)N[C@H]1CCC[C@H](C)[C@@H]1C)c(C)n2C(=O)c1ccc(Cl)cc1. The van der Waals surface area contributed by atoms with Gasteiger partial charge in [0.2, 0.25) is 0 Å². The summed E-state index contributed by atoms with van der Waals surface area (Å²) >= 11 is 5.99. The monoisotopic (exact) mass is 524 g/mol. The van der Waals surface area contributed by atoms with E-state index in [0.29, 0.717) is 50.3 Å². The van der Waals surface area contributed by atoms with Crippen molar-refractivity contribution in [1.29, 1.82) is 0 Å². The van der Waals surface area contributed by atoms with Crippen LogP contribution in [0.2, 0.25) is 5.02 Å². The van der Waals surface area contributed by atoms with Crippen LogP contribution in [0.5, 0.6) is 5.75 Å². The molecule has 0 unspecified atom stereocenters. The van der Waals surface area contributed by atoms with Gasteiger partial charge in [0.25, 0.3) is 11.8 Å². The number of carbonyl (C=O) groups excluding carboxylic acids is 3. The number of rotatable bonds is 7. The molecule has 0 spiro atoms. The molecule has 1 heterocycles. The molecule has 1 aromatic heterocycles. The predicted molar refractivity (Wildman–Crippen MR) is 143 cm³/mol. The van der Waals surface area contributed by atoms with E-state index in [1.165, 1.54) is 6.42 Å². The molecule has 3 aromatic rings. The van der Waals surface area contributed by atoms with Gasteiger partial charge in [-0.05, 0) is 73.2 Å². The van der Waals surface area contributed by atoms with Crippen LogP contribution in [0.3, 0.4) is 0 Å². The summed E-state index contributed by atoms with van der Waals surface area (Å²) in [5.41, 5.74) is 2.39. The Balaban J connectivity index is 1.52. The van der Waals surface area contributed by atoms with Crippen molar-refractivity contribution in [2.45, 2.75) is 52.5 Å². The molecule has 0 bridgehead atoms. The molecule has 3 atom stereocenters. The van der Waals surface area contributed by atoms with Crippen LogP contribution in [0.4, 0.5) is 0 Å². The smallest absolute Gasteiger partial charge is 0.310 e. The van der Waals surface area contributed by atoms with Gasteiger partial charge in [-0.3, -0.25) is 19.0 Å². The highest BCUT2D eigenvalue weighted by Crippen LogP contribution is 2.31. The van der Waals surface area contributed by atoms with E-state index in [0.717, 1.165) is 12.8 Å². The minimum atomic E-state index is -0.538. The Bertz CT molecular complexity index is 1310. The summed E-state index contributed by atoms with van der Waals surface area (Å²) in [6.45, 7) is 5.82. The van der Waals surface area contributed by atoms with Crippen LogP contribution in [0.25, 0.3) is 10.9 Å². The number of hydrogen-bond donors (Lipinski definition) is 1. The van der Waals surface area contributed by atoms with Gasteiger partial charge in [0, 0.05) is 27.7 Å². The average Bonchev–Trinajstić information content (AvgIpc) is 3.15. The van der Waals surface area contributed by atoms with Gasteiger partial charge >= 0.3 is 5.97 Å². The lowest BCUT2D eigenvalue weighted by Gasteiger charge is -2.34. The normalized spacial score (nSPS) is 19.4. The van der Waals surface area contributed by atoms with Crippen LogP contribution < -0.4 is 10.1 Å². The van der Waals surface area contributed by atoms with Crippen molar-refractivity contribution in [2.75, 3.05) is 13.7 Å². The van der Waals surface area contributed by atoms with E-state index in [1.54, 1.807) is 61.1 Å². The average molecular weight is 525 g/mol. The lowest BCUT2D eigenvalue weighted by atomic mass is 9.78. The second-order valence-electron chi connectivity index (χ2n) is 9.87. The number of nitrogens with zero attached hydrogens (tertiary/aromatic N) is 1. The van der Waals surface area contributed by atoms with Gasteiger partial charge in [-0.25, -0.2) is 0 Å². The summed E-state index contributed by atoms with van der Waals surface area (Å²) < 4.78 is 12.3. The fraction of sp³-hybridized carbons (Fsp3) is 0.414. The van der Waals surface area contributed by atoms with E-state index in [-0.39, 0.29) is 30.9 Å². The standard InChI is InChI=1S/C29H33ClN2O5/c1-17-6-5-7-25(18(17)2)31-27(33)16-37-28(34)15-23-19(3)32(26-13-12-22(36-4)14-24(23)26)29(35)20-8-10-21(30)11-9-20/h8-14,17-18,25H,5-7,15-16H2,1-4H3,(H,31,33)/t17-,18-,25-/m0/s1. The van der Waals surface area contributed by atoms with Crippen molar-refractivity contribution in [3.63, 3.8) is 0 Å². The molecule has 1 fully saturated rings. The molecular weight excluding hydrogens is 492 g/mol. The molecular formula is C29H33ClN2O5. The number of esters is 1. The van der Waals surface area contributed by atoms with Gasteiger partial charge in [0.15, 0.2) is 6.61 Å². The molecule has 1 N–H and O–H groups in total. The topological polar surface area (TPSA) is 86.6 Å². The highest BCUT2D eigenvalue weighted by atomic mass is 35.5. The molecule has 1 amide bonds. The highest BCUT2D eigenvalue weighted by molar-refractivity contribution is 6.30. The Kier molecular flexibility index (Phi) is 8.22. The van der Waals surface area contributed by atoms with Crippen molar-refractivity contribution in [1.82, 2.24) is 9.88 Å². The molecule has 8 heteroatoms. The van der Waals surface area contributed by atoms with Crippen LogP contribution in [0, 0.1) is 18.8 Å². The second-order valence-corrected chi connectivity index (χ2v) is 10.3. The number of benzene rings is 2. The quantitative estimate of drug-likeness (QED) is 0.422. The van der Waals surface area contributed by atoms with E-state index in [9.17, 15) is 14.4 Å². The van der Waals surface area contributed by atoms with Gasteiger partial charge in [-0.1, -0.05) is 38.3 Å². The minimum Gasteiger partial charge on any atom is -0.497 e. The van der Waals surface area contributed by atoms with Gasteiger partial charge in [0.1, 0.15) is 5.75 Å². The van der Waals surface area contributed by atoms with Crippen molar-refractivity contribution in [3.8, 4) is 5.75 Å². The Morgan fingerprint density at radius 1 is 1.08 bits per heavy atom. The molecule has 1 saturated carbocycles. The third kappa shape index (κ3) is 5.82. The maximum absolute atomic E-state index is 13.4. The van der Waals surface area contributed by atoms with Crippen LogP contribution in [-0.2, 0) is 20.7 Å². The number of hydrogen-bond acceptors (Lipinski definition) is 5. The van der Waals surface area contributed by atoms with Crippen LogP contribution in [0.1, 0.15) is 54.7 Å². The zero-order valence-corrected chi connectivity index (χ0v) is 22.4. The molecule has 0 aliphatic heterocycles. The number of ether oxygens (including phenoxy) is 2. The van der Waals surface area contributed by atoms with Gasteiger partial charge in [0.05, 0.1) is 19.0 Å². The zero-order valence-electron chi connectivity index (χ0n) is 21.7. The summed E-state index contributed by atoms with van der Waals surface area (Å²) in [5, 5.41) is 4.28. The van der Waals surface area contributed by atoms with E-state index < -0.39 is 5.97 Å². The predicted octanol–water partition coefficient (Wildman–Crippen LogP) is 5.33. The molecule has 2 aromatic carbocycles. The van der Waals surface area contributed by atoms with Crippen LogP contribution >= 0.6 is 11.6 Å². The fourth-order valence-corrected chi connectivity index (χ4v) is 5.30. The molecule has 0 saturated heterocycles. The maximum Gasteiger partial charge on any atom is 0.310 e.